The van der Waals surface area contributed by atoms with Gasteiger partial charge >= 0.3 is 0 Å². The number of thioether (sulfide) groups is 1. The number of benzene rings is 3. The van der Waals surface area contributed by atoms with E-state index in [1.54, 1.807) is 12.1 Å². The Hall–Kier alpha value is -2.17. The molecule has 4 rings (SSSR count). The maximum atomic E-state index is 9.59. The second-order valence-electron chi connectivity index (χ2n) is 5.84. The van der Waals surface area contributed by atoms with E-state index < -0.39 is 0 Å². The summed E-state index contributed by atoms with van der Waals surface area (Å²) in [6.45, 7) is 0. The van der Waals surface area contributed by atoms with Crippen LogP contribution in [0, 0.1) is 0 Å². The van der Waals surface area contributed by atoms with Crippen molar-refractivity contribution in [3.05, 3.63) is 94.5 Å². The fourth-order valence-corrected chi connectivity index (χ4v) is 4.25. The zero-order valence-corrected chi connectivity index (χ0v) is 15.7. The largest absolute Gasteiger partial charge is 0.508 e. The molecule has 0 radical (unpaired) electrons. The second kappa shape index (κ2) is 6.98. The van der Waals surface area contributed by atoms with Crippen LogP contribution in [0.4, 0.5) is 5.69 Å². The molecule has 1 aliphatic heterocycles. The molecule has 1 aliphatic rings. The van der Waals surface area contributed by atoms with Gasteiger partial charge in [-0.25, -0.2) is 0 Å². The highest BCUT2D eigenvalue weighted by Crippen LogP contribution is 2.44. The summed E-state index contributed by atoms with van der Waals surface area (Å²) in [5, 5.41) is 13.3. The first-order valence-corrected chi connectivity index (χ1v) is 9.66. The Bertz CT molecular complexity index is 919. The summed E-state index contributed by atoms with van der Waals surface area (Å²) in [6, 6.07) is 24.1. The van der Waals surface area contributed by atoms with Crippen LogP contribution in [0.1, 0.15) is 16.4 Å². The van der Waals surface area contributed by atoms with Crippen LogP contribution in [-0.2, 0) is 0 Å². The highest BCUT2D eigenvalue weighted by molar-refractivity contribution is 9.10. The average molecular weight is 410 g/mol. The lowest BCUT2D eigenvalue weighted by molar-refractivity contribution is 0.475. The lowest BCUT2D eigenvalue weighted by atomic mass is 10.1. The molecule has 0 bridgehead atoms. The van der Waals surface area contributed by atoms with Crippen LogP contribution in [0.5, 0.6) is 5.75 Å². The Labute approximate surface area is 159 Å². The summed E-state index contributed by atoms with van der Waals surface area (Å²) in [7, 11) is 0. The van der Waals surface area contributed by atoms with Gasteiger partial charge in [0.25, 0.3) is 0 Å². The fourth-order valence-electron chi connectivity index (χ4n) is 2.81. The molecule has 0 amide bonds. The first-order chi connectivity index (χ1) is 12.2. The van der Waals surface area contributed by atoms with E-state index in [1.807, 2.05) is 30.0 Å². The standard InChI is InChI=1S/C21H16BrNOS/c22-16-9-5-14(6-10-16)19-13-21(15-7-11-17(24)12-8-15)25-20-4-2-1-3-18(20)23-19/h1-13,21,23-24H/t21-/m0/s1. The summed E-state index contributed by atoms with van der Waals surface area (Å²) in [4.78, 5) is 1.21. The van der Waals surface area contributed by atoms with E-state index in [4.69, 9.17) is 0 Å². The molecule has 0 unspecified atom stereocenters. The van der Waals surface area contributed by atoms with Gasteiger partial charge in [-0.1, -0.05) is 52.3 Å². The SMILES string of the molecule is Oc1ccc([C@@H]2C=C(c3ccc(Br)cc3)Nc3ccccc3S2)cc1. The van der Waals surface area contributed by atoms with E-state index in [0.717, 1.165) is 27.0 Å². The van der Waals surface area contributed by atoms with Gasteiger partial charge in [-0.3, -0.25) is 0 Å². The van der Waals surface area contributed by atoms with Crippen LogP contribution in [0.25, 0.3) is 5.70 Å². The average Bonchev–Trinajstić information content (AvgIpc) is 2.82. The van der Waals surface area contributed by atoms with Crippen LogP contribution in [0.2, 0.25) is 0 Å². The molecule has 2 N–H and O–H groups in total. The summed E-state index contributed by atoms with van der Waals surface area (Å²) in [5.41, 5.74) is 4.51. The van der Waals surface area contributed by atoms with Crippen molar-refractivity contribution in [2.24, 2.45) is 0 Å². The van der Waals surface area contributed by atoms with Crippen LogP contribution in [-0.4, -0.2) is 5.11 Å². The van der Waals surface area contributed by atoms with Crippen molar-refractivity contribution < 1.29 is 5.11 Å². The number of fused-ring (bicyclic) bond motifs is 1. The van der Waals surface area contributed by atoms with Gasteiger partial charge in [0.1, 0.15) is 5.75 Å². The minimum atomic E-state index is 0.162. The molecule has 3 aromatic rings. The van der Waals surface area contributed by atoms with E-state index in [2.05, 4.69) is 69.8 Å². The summed E-state index contributed by atoms with van der Waals surface area (Å²) < 4.78 is 1.07. The minimum Gasteiger partial charge on any atom is -0.508 e. The fraction of sp³-hybridized carbons (Fsp3) is 0.0476. The molecule has 25 heavy (non-hydrogen) atoms. The third-order valence-corrected chi connectivity index (χ3v) is 5.91. The summed E-state index contributed by atoms with van der Waals surface area (Å²) >= 11 is 5.31. The van der Waals surface area contributed by atoms with Crippen molar-refractivity contribution in [3.8, 4) is 5.75 Å². The van der Waals surface area contributed by atoms with E-state index in [9.17, 15) is 5.11 Å². The second-order valence-corrected chi connectivity index (χ2v) is 7.94. The molecule has 1 heterocycles. The quantitative estimate of drug-likeness (QED) is 0.509. The minimum absolute atomic E-state index is 0.162. The number of aromatic hydroxyl groups is 1. The van der Waals surface area contributed by atoms with Crippen LogP contribution < -0.4 is 5.32 Å². The number of nitrogens with one attached hydrogen (secondary N) is 1. The van der Waals surface area contributed by atoms with Crippen LogP contribution in [0.15, 0.2) is 88.2 Å². The zero-order valence-electron chi connectivity index (χ0n) is 13.3. The molecule has 0 aromatic heterocycles. The van der Waals surface area contributed by atoms with Crippen molar-refractivity contribution >= 4 is 39.1 Å². The molecule has 0 aliphatic carbocycles. The molecule has 4 heteroatoms. The molecule has 0 saturated carbocycles. The lowest BCUT2D eigenvalue weighted by Gasteiger charge is -2.12. The van der Waals surface area contributed by atoms with Crippen LogP contribution in [0.3, 0.4) is 0 Å². The molecular formula is C21H16BrNOS. The lowest BCUT2D eigenvalue weighted by Crippen LogP contribution is -1.99. The molecule has 3 aromatic carbocycles. The number of hydrogen-bond acceptors (Lipinski definition) is 3. The van der Waals surface area contributed by atoms with Crippen molar-refractivity contribution in [1.82, 2.24) is 0 Å². The summed E-state index contributed by atoms with van der Waals surface area (Å²) in [5.74, 6) is 0.290. The smallest absolute Gasteiger partial charge is 0.115 e. The predicted molar refractivity (Wildman–Crippen MR) is 109 cm³/mol. The van der Waals surface area contributed by atoms with E-state index in [1.165, 1.54) is 4.90 Å². The molecule has 1 atom stereocenters. The Morgan fingerprint density at radius 3 is 2.36 bits per heavy atom. The van der Waals surface area contributed by atoms with Crippen LogP contribution >= 0.6 is 27.7 Å². The Balaban J connectivity index is 1.80. The number of phenols is 1. The van der Waals surface area contributed by atoms with Gasteiger partial charge in [-0.2, -0.15) is 0 Å². The van der Waals surface area contributed by atoms with Crippen molar-refractivity contribution in [2.45, 2.75) is 10.1 Å². The van der Waals surface area contributed by atoms with Crippen molar-refractivity contribution in [3.63, 3.8) is 0 Å². The van der Waals surface area contributed by atoms with Crippen molar-refractivity contribution in [1.29, 1.82) is 0 Å². The van der Waals surface area contributed by atoms with Gasteiger partial charge in [-0.05, 0) is 53.6 Å². The monoisotopic (exact) mass is 409 g/mol. The Morgan fingerprint density at radius 2 is 1.60 bits per heavy atom. The molecule has 124 valence electrons. The van der Waals surface area contributed by atoms with Gasteiger partial charge in [0, 0.05) is 15.1 Å². The van der Waals surface area contributed by atoms with Gasteiger partial charge in [0.2, 0.25) is 0 Å². The molecular weight excluding hydrogens is 394 g/mol. The topological polar surface area (TPSA) is 32.3 Å². The number of anilines is 1. The first-order valence-electron chi connectivity index (χ1n) is 7.98. The van der Waals surface area contributed by atoms with Gasteiger partial charge in [0.05, 0.1) is 10.9 Å². The number of halogens is 1. The van der Waals surface area contributed by atoms with Crippen molar-refractivity contribution in [2.75, 3.05) is 5.32 Å². The molecule has 2 nitrogen and oxygen atoms in total. The number of hydrogen-bond donors (Lipinski definition) is 2. The van der Waals surface area contributed by atoms with E-state index in [-0.39, 0.29) is 11.0 Å². The maximum Gasteiger partial charge on any atom is 0.115 e. The maximum absolute atomic E-state index is 9.59. The highest BCUT2D eigenvalue weighted by atomic mass is 79.9. The number of para-hydroxylation sites is 1. The number of phenolic OH excluding ortho intramolecular Hbond substituents is 1. The van der Waals surface area contributed by atoms with Gasteiger partial charge in [0.15, 0.2) is 0 Å². The van der Waals surface area contributed by atoms with E-state index in [0.29, 0.717) is 0 Å². The first kappa shape index (κ1) is 16.3. The number of rotatable bonds is 2. The Morgan fingerprint density at radius 1 is 0.880 bits per heavy atom. The summed E-state index contributed by atoms with van der Waals surface area (Å²) in [6.07, 6.45) is 2.25. The predicted octanol–water partition coefficient (Wildman–Crippen LogP) is 6.45. The van der Waals surface area contributed by atoms with Gasteiger partial charge < -0.3 is 10.4 Å². The van der Waals surface area contributed by atoms with Gasteiger partial charge in [-0.15, -0.1) is 11.8 Å². The Kier molecular flexibility index (Phi) is 4.55. The highest BCUT2D eigenvalue weighted by Gasteiger charge is 2.19. The van der Waals surface area contributed by atoms with E-state index >= 15 is 0 Å². The third-order valence-electron chi connectivity index (χ3n) is 4.11. The molecule has 0 saturated heterocycles. The molecule has 0 spiro atoms. The third kappa shape index (κ3) is 3.60. The zero-order chi connectivity index (χ0) is 17.2. The normalized spacial score (nSPS) is 16.4. The molecule has 0 fully saturated rings.